The molecule has 1 aromatic heterocycles. The average Bonchev–Trinajstić information content (AvgIpc) is 2.64. The van der Waals surface area contributed by atoms with E-state index in [-0.39, 0.29) is 5.82 Å². The van der Waals surface area contributed by atoms with Crippen molar-refractivity contribution < 1.29 is 8.81 Å². The van der Waals surface area contributed by atoms with Crippen LogP contribution < -0.4 is 5.73 Å². The van der Waals surface area contributed by atoms with Crippen molar-refractivity contribution >= 4 is 5.69 Å². The third-order valence-electron chi connectivity index (χ3n) is 2.14. The molecule has 2 aromatic rings. The van der Waals surface area contributed by atoms with Crippen molar-refractivity contribution in [3.63, 3.8) is 0 Å². The highest BCUT2D eigenvalue weighted by Gasteiger charge is 2.09. The van der Waals surface area contributed by atoms with Crippen molar-refractivity contribution in [3.8, 4) is 11.3 Å². The summed E-state index contributed by atoms with van der Waals surface area (Å²) in [6, 6.07) is 6.41. The van der Waals surface area contributed by atoms with Crippen LogP contribution in [0, 0.1) is 12.7 Å². The molecule has 0 aliphatic carbocycles. The minimum absolute atomic E-state index is 0.313. The zero-order valence-electron chi connectivity index (χ0n) is 7.75. The van der Waals surface area contributed by atoms with Gasteiger partial charge in [0.2, 0.25) is 0 Å². The van der Waals surface area contributed by atoms with Crippen LogP contribution in [0.25, 0.3) is 11.3 Å². The van der Waals surface area contributed by atoms with Gasteiger partial charge in [-0.05, 0) is 36.8 Å². The molecule has 72 valence electrons. The minimum Gasteiger partial charge on any atom is -0.464 e. The SMILES string of the molecule is Cc1cc(F)c(-c2ccco2)cc1N. The molecule has 0 saturated heterocycles. The largest absolute Gasteiger partial charge is 0.464 e. The molecule has 0 aliphatic heterocycles. The second kappa shape index (κ2) is 3.18. The number of hydrogen-bond acceptors (Lipinski definition) is 2. The van der Waals surface area contributed by atoms with Crippen molar-refractivity contribution in [3.05, 3.63) is 41.9 Å². The summed E-state index contributed by atoms with van der Waals surface area (Å²) in [7, 11) is 0. The van der Waals surface area contributed by atoms with E-state index in [9.17, 15) is 4.39 Å². The number of aryl methyl sites for hydroxylation is 1. The molecule has 0 bridgehead atoms. The van der Waals surface area contributed by atoms with Gasteiger partial charge in [0.15, 0.2) is 0 Å². The Morgan fingerprint density at radius 1 is 1.36 bits per heavy atom. The summed E-state index contributed by atoms with van der Waals surface area (Å²) in [5.74, 6) is 0.181. The Labute approximate surface area is 81.2 Å². The van der Waals surface area contributed by atoms with Crippen molar-refractivity contribution in [1.82, 2.24) is 0 Å². The normalized spacial score (nSPS) is 10.4. The second-order valence-electron chi connectivity index (χ2n) is 3.17. The van der Waals surface area contributed by atoms with Gasteiger partial charge in [-0.1, -0.05) is 0 Å². The van der Waals surface area contributed by atoms with Gasteiger partial charge in [-0.3, -0.25) is 0 Å². The topological polar surface area (TPSA) is 39.2 Å². The number of furan rings is 1. The van der Waals surface area contributed by atoms with Gasteiger partial charge in [0.1, 0.15) is 11.6 Å². The van der Waals surface area contributed by atoms with Gasteiger partial charge in [-0.2, -0.15) is 0 Å². The molecule has 1 aromatic carbocycles. The number of nitrogens with two attached hydrogens (primary N) is 1. The van der Waals surface area contributed by atoms with Crippen molar-refractivity contribution in [2.45, 2.75) is 6.92 Å². The lowest BCUT2D eigenvalue weighted by molar-refractivity contribution is 0.569. The highest BCUT2D eigenvalue weighted by Crippen LogP contribution is 2.27. The van der Waals surface area contributed by atoms with Crippen molar-refractivity contribution in [2.24, 2.45) is 0 Å². The fourth-order valence-electron chi connectivity index (χ4n) is 1.31. The summed E-state index contributed by atoms with van der Waals surface area (Å²) in [5.41, 5.74) is 7.39. The average molecular weight is 191 g/mol. The summed E-state index contributed by atoms with van der Waals surface area (Å²) in [4.78, 5) is 0. The number of anilines is 1. The van der Waals surface area contributed by atoms with Crippen LogP contribution in [0.15, 0.2) is 34.9 Å². The Morgan fingerprint density at radius 3 is 2.79 bits per heavy atom. The Balaban J connectivity index is 2.60. The summed E-state index contributed by atoms with van der Waals surface area (Å²) in [6.07, 6.45) is 1.50. The summed E-state index contributed by atoms with van der Waals surface area (Å²) >= 11 is 0. The molecule has 14 heavy (non-hydrogen) atoms. The number of nitrogen functional groups attached to an aromatic ring is 1. The van der Waals surface area contributed by atoms with E-state index in [1.54, 1.807) is 25.1 Å². The zero-order valence-corrected chi connectivity index (χ0v) is 7.75. The van der Waals surface area contributed by atoms with E-state index in [0.29, 0.717) is 17.0 Å². The molecule has 2 nitrogen and oxygen atoms in total. The number of hydrogen-bond donors (Lipinski definition) is 1. The van der Waals surface area contributed by atoms with Crippen molar-refractivity contribution in [1.29, 1.82) is 0 Å². The predicted molar refractivity (Wildman–Crippen MR) is 53.3 cm³/mol. The highest BCUT2D eigenvalue weighted by molar-refractivity contribution is 5.65. The zero-order chi connectivity index (χ0) is 10.1. The second-order valence-corrected chi connectivity index (χ2v) is 3.17. The molecule has 2 rings (SSSR count). The van der Waals surface area contributed by atoms with Crippen LogP contribution in [0.2, 0.25) is 0 Å². The van der Waals surface area contributed by atoms with Crippen LogP contribution in [0.3, 0.4) is 0 Å². The van der Waals surface area contributed by atoms with E-state index < -0.39 is 0 Å². The lowest BCUT2D eigenvalue weighted by Crippen LogP contribution is -1.93. The van der Waals surface area contributed by atoms with E-state index >= 15 is 0 Å². The molecule has 1 heterocycles. The molecule has 2 N–H and O–H groups in total. The number of halogens is 1. The molecular formula is C11H10FNO. The highest BCUT2D eigenvalue weighted by atomic mass is 19.1. The van der Waals surface area contributed by atoms with Gasteiger partial charge in [-0.25, -0.2) is 4.39 Å². The monoisotopic (exact) mass is 191 g/mol. The van der Waals surface area contributed by atoms with Gasteiger partial charge in [0, 0.05) is 5.69 Å². The fraction of sp³-hybridized carbons (Fsp3) is 0.0909. The summed E-state index contributed by atoms with van der Waals surface area (Å²) < 4.78 is 18.6. The lowest BCUT2D eigenvalue weighted by atomic mass is 10.1. The number of rotatable bonds is 1. The molecule has 0 saturated carbocycles. The molecule has 0 aliphatic rings. The molecule has 0 spiro atoms. The van der Waals surface area contributed by atoms with E-state index in [1.807, 2.05) is 0 Å². The van der Waals surface area contributed by atoms with Gasteiger partial charge in [0.05, 0.1) is 11.8 Å². The van der Waals surface area contributed by atoms with E-state index in [1.165, 1.54) is 12.3 Å². The molecule has 0 amide bonds. The first-order valence-electron chi connectivity index (χ1n) is 4.28. The van der Waals surface area contributed by atoms with Crippen LogP contribution in [0.4, 0.5) is 10.1 Å². The van der Waals surface area contributed by atoms with Gasteiger partial charge in [0.25, 0.3) is 0 Å². The summed E-state index contributed by atoms with van der Waals surface area (Å²) in [6.45, 7) is 1.77. The van der Waals surface area contributed by atoms with Crippen molar-refractivity contribution in [2.75, 3.05) is 5.73 Å². The van der Waals surface area contributed by atoms with Crippen LogP contribution in [-0.4, -0.2) is 0 Å². The quantitative estimate of drug-likeness (QED) is 0.704. The first-order valence-corrected chi connectivity index (χ1v) is 4.28. The molecule has 0 radical (unpaired) electrons. The first-order chi connectivity index (χ1) is 6.68. The maximum Gasteiger partial charge on any atom is 0.136 e. The van der Waals surface area contributed by atoms with E-state index in [2.05, 4.69) is 0 Å². The van der Waals surface area contributed by atoms with Crippen LogP contribution in [0.5, 0.6) is 0 Å². The minimum atomic E-state index is -0.313. The Hall–Kier alpha value is -1.77. The molecule has 0 fully saturated rings. The third kappa shape index (κ3) is 1.37. The Kier molecular flexibility index (Phi) is 2.00. The maximum atomic E-state index is 13.5. The van der Waals surface area contributed by atoms with Gasteiger partial charge >= 0.3 is 0 Å². The molecule has 3 heteroatoms. The van der Waals surface area contributed by atoms with Gasteiger partial charge in [-0.15, -0.1) is 0 Å². The van der Waals surface area contributed by atoms with E-state index in [0.717, 1.165) is 5.56 Å². The van der Waals surface area contributed by atoms with Crippen LogP contribution in [0.1, 0.15) is 5.56 Å². The third-order valence-corrected chi connectivity index (χ3v) is 2.14. The Morgan fingerprint density at radius 2 is 2.14 bits per heavy atom. The number of benzene rings is 1. The van der Waals surface area contributed by atoms with E-state index in [4.69, 9.17) is 10.2 Å². The predicted octanol–water partition coefficient (Wildman–Crippen LogP) is 2.98. The lowest BCUT2D eigenvalue weighted by Gasteiger charge is -2.04. The fourth-order valence-corrected chi connectivity index (χ4v) is 1.31. The Bertz CT molecular complexity index is 449. The molecular weight excluding hydrogens is 181 g/mol. The molecule has 0 unspecified atom stereocenters. The molecule has 0 atom stereocenters. The van der Waals surface area contributed by atoms with Crippen LogP contribution >= 0.6 is 0 Å². The summed E-state index contributed by atoms with van der Waals surface area (Å²) in [5, 5.41) is 0. The maximum absolute atomic E-state index is 13.5. The van der Waals surface area contributed by atoms with Crippen LogP contribution in [-0.2, 0) is 0 Å². The smallest absolute Gasteiger partial charge is 0.136 e. The standard InChI is InChI=1S/C11H10FNO/c1-7-5-9(12)8(6-10(7)13)11-3-2-4-14-11/h2-6H,13H2,1H3. The first kappa shape index (κ1) is 8.81. The van der Waals surface area contributed by atoms with Gasteiger partial charge < -0.3 is 10.2 Å².